The third kappa shape index (κ3) is 3.51. The average molecular weight is 312 g/mol. The molecule has 0 saturated carbocycles. The van der Waals surface area contributed by atoms with Gasteiger partial charge in [-0.05, 0) is 32.8 Å². The predicted molar refractivity (Wildman–Crippen MR) is 78.5 cm³/mol. The van der Waals surface area contributed by atoms with Gasteiger partial charge in [-0.3, -0.25) is 0 Å². The lowest BCUT2D eigenvalue weighted by atomic mass is 9.83. The van der Waals surface area contributed by atoms with E-state index in [1.807, 2.05) is 13.0 Å². The number of rotatable bonds is 7. The van der Waals surface area contributed by atoms with E-state index in [2.05, 4.69) is 0 Å². The van der Waals surface area contributed by atoms with Crippen LogP contribution < -0.4 is 0 Å². The van der Waals surface area contributed by atoms with Crippen molar-refractivity contribution in [2.75, 3.05) is 19.8 Å². The van der Waals surface area contributed by atoms with Crippen molar-refractivity contribution in [1.29, 1.82) is 0 Å². The first-order valence-electron chi connectivity index (χ1n) is 7.71. The number of esters is 1. The topological polar surface area (TPSA) is 74.2 Å². The molecule has 0 bridgehead atoms. The van der Waals surface area contributed by atoms with Gasteiger partial charge in [0.25, 0.3) is 0 Å². The Bertz CT molecular complexity index is 456. The molecule has 0 aromatic heterocycles. The van der Waals surface area contributed by atoms with Gasteiger partial charge in [0.05, 0.1) is 31.0 Å². The number of aliphatic hydroxyl groups is 1. The first kappa shape index (κ1) is 17.0. The van der Waals surface area contributed by atoms with Gasteiger partial charge in [0.1, 0.15) is 0 Å². The van der Waals surface area contributed by atoms with Gasteiger partial charge in [-0.1, -0.05) is 6.08 Å². The minimum atomic E-state index is -0.578. The van der Waals surface area contributed by atoms with Gasteiger partial charge >= 0.3 is 5.97 Å². The van der Waals surface area contributed by atoms with Crippen molar-refractivity contribution in [2.24, 2.45) is 11.8 Å². The molecule has 6 nitrogen and oxygen atoms in total. The lowest BCUT2D eigenvalue weighted by Crippen LogP contribution is -2.39. The fraction of sp³-hybridized carbons (Fsp3) is 0.688. The third-order valence-corrected chi connectivity index (χ3v) is 3.94. The van der Waals surface area contributed by atoms with Crippen LogP contribution in [0.1, 0.15) is 27.2 Å². The van der Waals surface area contributed by atoms with Crippen LogP contribution in [0.3, 0.4) is 0 Å². The Kier molecular flexibility index (Phi) is 5.99. The number of carbonyl (C=O) groups excluding carboxylic acids is 1. The quantitative estimate of drug-likeness (QED) is 0.438. The molecule has 0 aromatic carbocycles. The van der Waals surface area contributed by atoms with Gasteiger partial charge in [-0.2, -0.15) is 0 Å². The fourth-order valence-corrected chi connectivity index (χ4v) is 2.98. The van der Waals surface area contributed by atoms with Gasteiger partial charge in [-0.15, -0.1) is 0 Å². The fourth-order valence-electron chi connectivity index (χ4n) is 2.98. The summed E-state index contributed by atoms with van der Waals surface area (Å²) in [5, 5.41) is 9.54. The highest BCUT2D eigenvalue weighted by Crippen LogP contribution is 2.43. The Morgan fingerprint density at radius 1 is 1.45 bits per heavy atom. The van der Waals surface area contributed by atoms with Crippen LogP contribution in [0.15, 0.2) is 23.5 Å². The van der Waals surface area contributed by atoms with E-state index in [0.717, 1.165) is 5.57 Å². The Labute approximate surface area is 130 Å². The number of carbonyl (C=O) groups is 1. The smallest absolute Gasteiger partial charge is 0.337 e. The molecule has 1 aliphatic carbocycles. The standard InChI is InChI=1S/C16H24O6/c1-4-19-10(3)22-16-14-11(8-17)6-7-12(14)13(9-21-16)15(18)20-5-2/h6,9-10,12,14,16-17H,4-5,7-8H2,1-3H3. The maximum absolute atomic E-state index is 12.0. The van der Waals surface area contributed by atoms with Crippen LogP contribution in [-0.4, -0.2) is 43.5 Å². The molecule has 22 heavy (non-hydrogen) atoms. The average Bonchev–Trinajstić information content (AvgIpc) is 2.92. The zero-order valence-corrected chi connectivity index (χ0v) is 13.3. The van der Waals surface area contributed by atoms with E-state index in [1.165, 1.54) is 6.26 Å². The van der Waals surface area contributed by atoms with Crippen molar-refractivity contribution in [3.05, 3.63) is 23.5 Å². The lowest BCUT2D eigenvalue weighted by molar-refractivity contribution is -0.242. The van der Waals surface area contributed by atoms with E-state index in [1.54, 1.807) is 13.8 Å². The molecule has 1 heterocycles. The summed E-state index contributed by atoms with van der Waals surface area (Å²) < 4.78 is 21.8. The summed E-state index contributed by atoms with van der Waals surface area (Å²) in [6.07, 6.45) is 3.03. The predicted octanol–water partition coefficient (Wildman–Crippen LogP) is 1.74. The second-order valence-corrected chi connectivity index (χ2v) is 5.26. The van der Waals surface area contributed by atoms with E-state index in [0.29, 0.717) is 25.2 Å². The van der Waals surface area contributed by atoms with Crippen LogP contribution in [0.5, 0.6) is 0 Å². The number of aliphatic hydroxyl groups excluding tert-OH is 1. The molecule has 2 aliphatic rings. The first-order chi connectivity index (χ1) is 10.6. The highest BCUT2D eigenvalue weighted by atomic mass is 16.8. The minimum absolute atomic E-state index is 0.0799. The molecule has 124 valence electrons. The van der Waals surface area contributed by atoms with Crippen molar-refractivity contribution >= 4 is 5.97 Å². The van der Waals surface area contributed by atoms with Crippen molar-refractivity contribution in [3.8, 4) is 0 Å². The maximum Gasteiger partial charge on any atom is 0.337 e. The normalized spacial score (nSPS) is 28.3. The van der Waals surface area contributed by atoms with Gasteiger partial charge in [0.2, 0.25) is 6.29 Å². The van der Waals surface area contributed by atoms with Crippen LogP contribution >= 0.6 is 0 Å². The van der Waals surface area contributed by atoms with Crippen LogP contribution in [-0.2, 0) is 23.7 Å². The second-order valence-electron chi connectivity index (χ2n) is 5.26. The number of allylic oxidation sites excluding steroid dienone is 1. The highest BCUT2D eigenvalue weighted by Gasteiger charge is 2.45. The van der Waals surface area contributed by atoms with Crippen LogP contribution in [0.2, 0.25) is 0 Å². The van der Waals surface area contributed by atoms with Crippen molar-refractivity contribution < 1.29 is 28.8 Å². The summed E-state index contributed by atoms with van der Waals surface area (Å²) in [6, 6.07) is 0. The Morgan fingerprint density at radius 2 is 2.23 bits per heavy atom. The van der Waals surface area contributed by atoms with Crippen molar-refractivity contribution in [2.45, 2.75) is 39.8 Å². The molecular formula is C16H24O6. The molecule has 0 spiro atoms. The van der Waals surface area contributed by atoms with E-state index in [9.17, 15) is 9.90 Å². The van der Waals surface area contributed by atoms with Gasteiger partial charge in [0, 0.05) is 12.5 Å². The molecule has 4 unspecified atom stereocenters. The zero-order chi connectivity index (χ0) is 16.1. The number of hydrogen-bond donors (Lipinski definition) is 1. The zero-order valence-electron chi connectivity index (χ0n) is 13.3. The van der Waals surface area contributed by atoms with Crippen molar-refractivity contribution in [1.82, 2.24) is 0 Å². The van der Waals surface area contributed by atoms with E-state index in [-0.39, 0.29) is 24.4 Å². The summed E-state index contributed by atoms with van der Waals surface area (Å²) in [6.45, 7) is 6.22. The molecule has 0 radical (unpaired) electrons. The summed E-state index contributed by atoms with van der Waals surface area (Å²) in [5.41, 5.74) is 1.32. The number of fused-ring (bicyclic) bond motifs is 1. The Balaban J connectivity index is 2.16. The maximum atomic E-state index is 12.0. The summed E-state index contributed by atoms with van der Waals surface area (Å²) >= 11 is 0. The molecule has 1 aliphatic heterocycles. The highest BCUT2D eigenvalue weighted by molar-refractivity contribution is 5.89. The van der Waals surface area contributed by atoms with Crippen molar-refractivity contribution in [3.63, 3.8) is 0 Å². The van der Waals surface area contributed by atoms with Crippen LogP contribution in [0, 0.1) is 11.8 Å². The Morgan fingerprint density at radius 3 is 2.86 bits per heavy atom. The lowest BCUT2D eigenvalue weighted by Gasteiger charge is -2.35. The number of ether oxygens (including phenoxy) is 4. The molecule has 0 saturated heterocycles. The molecule has 1 N–H and O–H groups in total. The van der Waals surface area contributed by atoms with Crippen LogP contribution in [0.4, 0.5) is 0 Å². The van der Waals surface area contributed by atoms with Crippen LogP contribution in [0.25, 0.3) is 0 Å². The Hall–Kier alpha value is -1.37. The number of hydrogen-bond acceptors (Lipinski definition) is 6. The molecule has 0 aromatic rings. The largest absolute Gasteiger partial charge is 0.471 e. The SMILES string of the molecule is CCOC(=O)C1=COC(OC(C)OCC)C2C(CO)=CCC12. The second kappa shape index (κ2) is 7.76. The summed E-state index contributed by atoms with van der Waals surface area (Å²) in [4.78, 5) is 12.0. The minimum Gasteiger partial charge on any atom is -0.471 e. The molecule has 6 heteroatoms. The molecule has 4 atom stereocenters. The molecule has 2 rings (SSSR count). The summed E-state index contributed by atoms with van der Waals surface area (Å²) in [5.74, 6) is -0.660. The third-order valence-electron chi connectivity index (χ3n) is 3.94. The first-order valence-corrected chi connectivity index (χ1v) is 7.71. The van der Waals surface area contributed by atoms with E-state index < -0.39 is 12.6 Å². The van der Waals surface area contributed by atoms with Gasteiger partial charge in [-0.25, -0.2) is 4.79 Å². The van der Waals surface area contributed by atoms with Gasteiger partial charge in [0.15, 0.2) is 6.29 Å². The molecule has 0 amide bonds. The van der Waals surface area contributed by atoms with Gasteiger partial charge < -0.3 is 24.1 Å². The molecular weight excluding hydrogens is 288 g/mol. The summed E-state index contributed by atoms with van der Waals surface area (Å²) in [7, 11) is 0. The van der Waals surface area contributed by atoms with E-state index in [4.69, 9.17) is 18.9 Å². The monoisotopic (exact) mass is 312 g/mol. The van der Waals surface area contributed by atoms with E-state index >= 15 is 0 Å². The molecule has 0 fully saturated rings.